The first kappa shape index (κ1) is 24.3. The third kappa shape index (κ3) is 3.77. The maximum Gasteiger partial charge on any atom is 0.224 e. The molecule has 2 aromatic rings. The minimum Gasteiger partial charge on any atom is -0.504 e. The predicted octanol–water partition coefficient (Wildman–Crippen LogP) is 4.08. The van der Waals surface area contributed by atoms with Crippen molar-refractivity contribution in [2.75, 3.05) is 20.1 Å². The van der Waals surface area contributed by atoms with E-state index in [1.165, 1.54) is 18.4 Å². The van der Waals surface area contributed by atoms with Gasteiger partial charge in [0.05, 0.1) is 17.4 Å². The molecule has 2 heterocycles. The summed E-state index contributed by atoms with van der Waals surface area (Å²) in [5.74, 6) is 1.81. The van der Waals surface area contributed by atoms with Crippen LogP contribution in [0.2, 0.25) is 0 Å². The van der Waals surface area contributed by atoms with E-state index in [0.29, 0.717) is 12.2 Å². The Bertz CT molecular complexity index is 1170. The molecule has 2 saturated carbocycles. The van der Waals surface area contributed by atoms with Crippen molar-refractivity contribution in [1.82, 2.24) is 10.2 Å². The summed E-state index contributed by atoms with van der Waals surface area (Å²) in [6.45, 7) is 2.20. The molecule has 2 aromatic carbocycles. The maximum absolute atomic E-state index is 12.0. The van der Waals surface area contributed by atoms with Crippen LogP contribution in [0, 0.1) is 5.92 Å². The van der Waals surface area contributed by atoms with Gasteiger partial charge < -0.3 is 20.3 Å². The Morgan fingerprint density at radius 3 is 2.67 bits per heavy atom. The van der Waals surface area contributed by atoms with Crippen molar-refractivity contribution in [3.8, 4) is 11.5 Å². The minimum atomic E-state index is -0.699. The molecule has 5 aliphatic rings. The average molecular weight is 556 g/mol. The van der Waals surface area contributed by atoms with E-state index >= 15 is 0 Å². The van der Waals surface area contributed by atoms with Crippen molar-refractivity contribution in [3.63, 3.8) is 0 Å². The molecule has 192 valence electrons. The molecular formula is C29H35BrN2O4. The molecule has 4 atom stereocenters. The molecule has 3 aliphatic carbocycles. The molecule has 1 saturated heterocycles. The summed E-state index contributed by atoms with van der Waals surface area (Å²) in [5.41, 5.74) is 2.48. The molecule has 0 unspecified atom stereocenters. The monoisotopic (exact) mass is 554 g/mol. The van der Waals surface area contributed by atoms with Crippen molar-refractivity contribution in [2.24, 2.45) is 5.92 Å². The predicted molar refractivity (Wildman–Crippen MR) is 141 cm³/mol. The van der Waals surface area contributed by atoms with E-state index in [9.17, 15) is 15.0 Å². The molecule has 3 N–H and O–H groups in total. The number of hydrogen-bond acceptors (Lipinski definition) is 5. The van der Waals surface area contributed by atoms with E-state index in [2.05, 4.69) is 32.2 Å². The molecule has 2 aliphatic heterocycles. The van der Waals surface area contributed by atoms with Crippen LogP contribution in [0.25, 0.3) is 0 Å². The van der Waals surface area contributed by atoms with Gasteiger partial charge in [0.1, 0.15) is 6.10 Å². The number of aromatic hydroxyl groups is 1. The third-order valence-electron chi connectivity index (χ3n) is 9.22. The average Bonchev–Trinajstić information content (AvgIpc) is 3.61. The Kier molecular flexibility index (Phi) is 6.09. The summed E-state index contributed by atoms with van der Waals surface area (Å²) >= 11 is 3.33. The number of aliphatic hydroxyl groups is 1. The number of nitrogens with zero attached hydrogens (tertiary/aromatic N) is 1. The van der Waals surface area contributed by atoms with Crippen LogP contribution in [0.3, 0.4) is 0 Å². The summed E-state index contributed by atoms with van der Waals surface area (Å²) < 4.78 is 7.31. The SMILES string of the molecule is CNC(=O)Cc1ccc(Br)cc1.Oc1ccc2c3c1O[C@H]1CCC[C@@]4(O)[C@@H](C2)N(CC2CC2)CC[C@]314. The van der Waals surface area contributed by atoms with Gasteiger partial charge in [-0.05, 0) is 86.7 Å². The van der Waals surface area contributed by atoms with Crippen molar-refractivity contribution in [1.29, 1.82) is 0 Å². The number of rotatable bonds is 4. The topological polar surface area (TPSA) is 82.0 Å². The lowest BCUT2D eigenvalue weighted by Gasteiger charge is -2.63. The highest BCUT2D eigenvalue weighted by Crippen LogP contribution is 2.65. The van der Waals surface area contributed by atoms with Gasteiger partial charge in [0, 0.05) is 29.7 Å². The second-order valence-electron chi connectivity index (χ2n) is 11.2. The van der Waals surface area contributed by atoms with Crippen LogP contribution in [0.15, 0.2) is 40.9 Å². The Balaban J connectivity index is 0.000000171. The van der Waals surface area contributed by atoms with Crippen molar-refractivity contribution in [2.45, 2.75) is 74.5 Å². The first-order valence-electron chi connectivity index (χ1n) is 13.3. The lowest BCUT2D eigenvalue weighted by molar-refractivity contribution is -0.185. The van der Waals surface area contributed by atoms with Gasteiger partial charge in [-0.1, -0.05) is 34.1 Å². The van der Waals surface area contributed by atoms with Crippen molar-refractivity contribution < 1.29 is 19.7 Å². The molecule has 36 heavy (non-hydrogen) atoms. The first-order valence-corrected chi connectivity index (χ1v) is 14.1. The van der Waals surface area contributed by atoms with Crippen molar-refractivity contribution in [3.05, 3.63) is 57.6 Å². The number of phenolic OH excluding ortho intramolecular Hbond substituents is 1. The molecule has 6 nitrogen and oxygen atoms in total. The van der Waals surface area contributed by atoms with Gasteiger partial charge in [0.25, 0.3) is 0 Å². The van der Waals surface area contributed by atoms with Gasteiger partial charge in [-0.2, -0.15) is 0 Å². The van der Waals surface area contributed by atoms with Gasteiger partial charge in [0.2, 0.25) is 5.91 Å². The number of carbonyl (C=O) groups excluding carboxylic acids is 1. The number of carbonyl (C=O) groups is 1. The van der Waals surface area contributed by atoms with E-state index < -0.39 is 5.60 Å². The fourth-order valence-corrected chi connectivity index (χ4v) is 7.62. The number of piperidine rings is 1. The van der Waals surface area contributed by atoms with Crippen LogP contribution in [0.1, 0.15) is 55.2 Å². The number of hydrogen-bond donors (Lipinski definition) is 3. The van der Waals surface area contributed by atoms with Crippen LogP contribution >= 0.6 is 15.9 Å². The highest BCUT2D eigenvalue weighted by atomic mass is 79.9. The molecule has 3 fully saturated rings. The van der Waals surface area contributed by atoms with Crippen molar-refractivity contribution >= 4 is 21.8 Å². The summed E-state index contributed by atoms with van der Waals surface area (Å²) in [7, 11) is 1.64. The standard InChI is InChI=1S/C20H25NO3.C9H10BrNO/c22-14-6-5-13-10-15-20(23)7-1-2-16-19(20,17(13)18(14)24-16)8-9-21(15)11-12-3-4-12;1-11-9(12)6-7-2-4-8(10)5-3-7/h5-6,12,15-16,22-23H,1-4,7-11H2;2-5H,6H2,1H3,(H,11,12)/t15-,16+,19-,20-;/m1./s1. The van der Waals surface area contributed by atoms with Crippen LogP contribution in [-0.2, 0) is 23.1 Å². The molecule has 7 rings (SSSR count). The number of nitrogens with one attached hydrogen (secondary N) is 1. The fraction of sp³-hybridized carbons (Fsp3) is 0.552. The maximum atomic E-state index is 12.0. The Morgan fingerprint density at radius 1 is 1.17 bits per heavy atom. The minimum absolute atomic E-state index is 0.0316. The number of benzene rings is 2. The zero-order valence-corrected chi connectivity index (χ0v) is 22.4. The summed E-state index contributed by atoms with van der Waals surface area (Å²) in [6, 6.07) is 11.8. The normalized spacial score (nSPS) is 31.5. The second-order valence-corrected chi connectivity index (χ2v) is 12.1. The molecule has 1 amide bonds. The van der Waals surface area contributed by atoms with E-state index in [-0.39, 0.29) is 29.2 Å². The molecule has 7 heteroatoms. The summed E-state index contributed by atoms with van der Waals surface area (Å²) in [5, 5.41) is 24.9. The molecular weight excluding hydrogens is 520 g/mol. The quantitative estimate of drug-likeness (QED) is 0.530. The molecule has 0 aromatic heterocycles. The van der Waals surface area contributed by atoms with Gasteiger partial charge >= 0.3 is 0 Å². The number of ether oxygens (including phenoxy) is 1. The van der Waals surface area contributed by atoms with E-state index in [1.54, 1.807) is 13.1 Å². The lowest BCUT2D eigenvalue weighted by Crippen LogP contribution is -2.75. The molecule has 1 spiro atoms. The first-order chi connectivity index (χ1) is 17.4. The molecule has 2 bridgehead atoms. The van der Waals surface area contributed by atoms with E-state index in [0.717, 1.165) is 66.7 Å². The van der Waals surface area contributed by atoms with E-state index in [4.69, 9.17) is 4.74 Å². The zero-order chi connectivity index (χ0) is 25.1. The number of amides is 1. The van der Waals surface area contributed by atoms with E-state index in [1.807, 2.05) is 24.3 Å². The van der Waals surface area contributed by atoms with Gasteiger partial charge in [-0.15, -0.1) is 0 Å². The summed E-state index contributed by atoms with van der Waals surface area (Å²) in [4.78, 5) is 13.5. The van der Waals surface area contributed by atoms with Crippen LogP contribution in [-0.4, -0.2) is 58.9 Å². The lowest BCUT2D eigenvalue weighted by atomic mass is 9.49. The van der Waals surface area contributed by atoms with Gasteiger partial charge in [-0.25, -0.2) is 0 Å². The largest absolute Gasteiger partial charge is 0.504 e. The molecule has 0 radical (unpaired) electrons. The summed E-state index contributed by atoms with van der Waals surface area (Å²) in [6.07, 6.45) is 7.91. The number of halogens is 1. The second kappa shape index (κ2) is 9.03. The Hall–Kier alpha value is -2.09. The van der Waals surface area contributed by atoms with Crippen LogP contribution in [0.4, 0.5) is 0 Å². The zero-order valence-electron chi connectivity index (χ0n) is 20.8. The van der Waals surface area contributed by atoms with Crippen LogP contribution in [0.5, 0.6) is 11.5 Å². The smallest absolute Gasteiger partial charge is 0.224 e. The Morgan fingerprint density at radius 2 is 1.94 bits per heavy atom. The van der Waals surface area contributed by atoms with Gasteiger partial charge in [-0.3, -0.25) is 9.69 Å². The van der Waals surface area contributed by atoms with Gasteiger partial charge in [0.15, 0.2) is 11.5 Å². The number of phenols is 1. The number of likely N-dealkylation sites (tertiary alicyclic amines) is 1. The van der Waals surface area contributed by atoms with Crippen LogP contribution < -0.4 is 10.1 Å². The Labute approximate surface area is 221 Å². The highest BCUT2D eigenvalue weighted by Gasteiger charge is 2.71. The highest BCUT2D eigenvalue weighted by molar-refractivity contribution is 9.10. The fourth-order valence-electron chi connectivity index (χ4n) is 7.35. The third-order valence-corrected chi connectivity index (χ3v) is 9.75. The number of likely N-dealkylation sites (N-methyl/N-ethyl adjacent to an activating group) is 1.